The second-order valence-electron chi connectivity index (χ2n) is 5.05. The highest BCUT2D eigenvalue weighted by atomic mass is 32.2. The summed E-state index contributed by atoms with van der Waals surface area (Å²) in [5.74, 6) is 0. The quantitative estimate of drug-likeness (QED) is 0.820. The van der Waals surface area contributed by atoms with E-state index in [1.807, 2.05) is 19.9 Å². The lowest BCUT2D eigenvalue weighted by molar-refractivity contribution is -0.0640. The zero-order chi connectivity index (χ0) is 14.1. The fourth-order valence-electron chi connectivity index (χ4n) is 2.10. The number of nitriles is 1. The maximum atomic E-state index is 12.6. The van der Waals surface area contributed by atoms with Crippen LogP contribution in [-0.4, -0.2) is 38.0 Å². The molecule has 1 aliphatic heterocycles. The summed E-state index contributed by atoms with van der Waals surface area (Å²) in [4.78, 5) is 0.0650. The molecule has 1 aromatic carbocycles. The normalized spacial score (nSPS) is 19.8. The predicted octanol–water partition coefficient (Wildman–Crippen LogP) is 1.36. The van der Waals surface area contributed by atoms with Gasteiger partial charge in [0.2, 0.25) is 10.0 Å². The summed E-state index contributed by atoms with van der Waals surface area (Å²) < 4.78 is 32.0. The van der Waals surface area contributed by atoms with Crippen LogP contribution >= 0.6 is 0 Å². The minimum atomic E-state index is -3.64. The number of hydrogen-bond donors (Lipinski definition) is 0. The topological polar surface area (TPSA) is 70.4 Å². The minimum absolute atomic E-state index is 0.0650. The third-order valence-corrected chi connectivity index (χ3v) is 4.92. The van der Waals surface area contributed by atoms with Gasteiger partial charge in [-0.25, -0.2) is 8.42 Å². The lowest BCUT2D eigenvalue weighted by Gasteiger charge is -2.37. The molecule has 1 heterocycles. The van der Waals surface area contributed by atoms with Crippen molar-refractivity contribution in [1.82, 2.24) is 4.31 Å². The maximum absolute atomic E-state index is 12.6. The van der Waals surface area contributed by atoms with Gasteiger partial charge in [0.05, 0.1) is 22.7 Å². The van der Waals surface area contributed by atoms with Crippen molar-refractivity contribution >= 4 is 10.0 Å². The Hall–Kier alpha value is -1.42. The highest BCUT2D eigenvalue weighted by Gasteiger charge is 2.35. The van der Waals surface area contributed by atoms with Gasteiger partial charge in [-0.05, 0) is 26.0 Å². The van der Waals surface area contributed by atoms with E-state index in [0.29, 0.717) is 13.2 Å². The van der Waals surface area contributed by atoms with E-state index in [4.69, 9.17) is 10.00 Å². The molecule has 0 N–H and O–H groups in total. The zero-order valence-corrected chi connectivity index (χ0v) is 11.8. The van der Waals surface area contributed by atoms with Crippen molar-refractivity contribution in [3.05, 3.63) is 29.8 Å². The van der Waals surface area contributed by atoms with Crippen molar-refractivity contribution in [2.45, 2.75) is 24.3 Å². The van der Waals surface area contributed by atoms with Crippen LogP contribution in [0, 0.1) is 11.3 Å². The molecule has 1 aromatic rings. The molecule has 1 saturated heterocycles. The highest BCUT2D eigenvalue weighted by molar-refractivity contribution is 7.89. The predicted molar refractivity (Wildman–Crippen MR) is 69.9 cm³/mol. The van der Waals surface area contributed by atoms with Crippen LogP contribution in [0.3, 0.4) is 0 Å². The monoisotopic (exact) mass is 280 g/mol. The van der Waals surface area contributed by atoms with E-state index in [1.54, 1.807) is 12.1 Å². The molecule has 1 fully saturated rings. The SMILES string of the molecule is CC1(C)CN(S(=O)(=O)c2ccccc2C#N)CCO1. The molecule has 0 amide bonds. The number of morpholine rings is 1. The van der Waals surface area contributed by atoms with E-state index >= 15 is 0 Å². The van der Waals surface area contributed by atoms with Gasteiger partial charge in [0.15, 0.2) is 0 Å². The lowest BCUT2D eigenvalue weighted by Crippen LogP contribution is -2.50. The molecule has 5 nitrogen and oxygen atoms in total. The molecule has 1 aliphatic rings. The number of sulfonamides is 1. The van der Waals surface area contributed by atoms with Crippen LogP contribution in [0.25, 0.3) is 0 Å². The van der Waals surface area contributed by atoms with Gasteiger partial charge in [0.25, 0.3) is 0 Å². The van der Waals surface area contributed by atoms with Crippen LogP contribution < -0.4 is 0 Å². The number of ether oxygens (including phenoxy) is 1. The molecule has 2 rings (SSSR count). The largest absolute Gasteiger partial charge is 0.373 e. The van der Waals surface area contributed by atoms with E-state index < -0.39 is 15.6 Å². The Morgan fingerprint density at radius 2 is 2.05 bits per heavy atom. The van der Waals surface area contributed by atoms with E-state index in [9.17, 15) is 8.42 Å². The number of rotatable bonds is 2. The van der Waals surface area contributed by atoms with Crippen molar-refractivity contribution in [3.63, 3.8) is 0 Å². The molecule has 0 aromatic heterocycles. The first-order valence-electron chi connectivity index (χ1n) is 6.00. The zero-order valence-electron chi connectivity index (χ0n) is 11.0. The third kappa shape index (κ3) is 2.78. The van der Waals surface area contributed by atoms with Crippen LogP contribution in [0.5, 0.6) is 0 Å². The molecule has 0 atom stereocenters. The average Bonchev–Trinajstić information content (AvgIpc) is 2.37. The maximum Gasteiger partial charge on any atom is 0.244 e. The number of nitrogens with zero attached hydrogens (tertiary/aromatic N) is 2. The van der Waals surface area contributed by atoms with Gasteiger partial charge in [-0.15, -0.1) is 0 Å². The van der Waals surface area contributed by atoms with Gasteiger partial charge in [0, 0.05) is 13.1 Å². The molecule has 0 aliphatic carbocycles. The lowest BCUT2D eigenvalue weighted by atomic mass is 10.1. The van der Waals surface area contributed by atoms with Gasteiger partial charge in [0.1, 0.15) is 6.07 Å². The molecule has 102 valence electrons. The molecular weight excluding hydrogens is 264 g/mol. The Morgan fingerprint density at radius 3 is 2.68 bits per heavy atom. The first-order valence-corrected chi connectivity index (χ1v) is 7.44. The minimum Gasteiger partial charge on any atom is -0.373 e. The first-order chi connectivity index (χ1) is 8.87. The van der Waals surface area contributed by atoms with Crippen molar-refractivity contribution in [3.8, 4) is 6.07 Å². The highest BCUT2D eigenvalue weighted by Crippen LogP contribution is 2.25. The molecule has 6 heteroatoms. The summed E-state index contributed by atoms with van der Waals surface area (Å²) in [5, 5.41) is 9.03. The standard InChI is InChI=1S/C13H16N2O3S/c1-13(2)10-15(7-8-18-13)19(16,17)12-6-4-3-5-11(12)9-14/h3-6H,7-8,10H2,1-2H3. The summed E-state index contributed by atoms with van der Waals surface area (Å²) in [5.41, 5.74) is -0.334. The summed E-state index contributed by atoms with van der Waals surface area (Å²) >= 11 is 0. The Morgan fingerprint density at radius 1 is 1.37 bits per heavy atom. The van der Waals surface area contributed by atoms with Crippen LogP contribution in [0.2, 0.25) is 0 Å². The Kier molecular flexibility index (Phi) is 3.63. The van der Waals surface area contributed by atoms with Gasteiger partial charge in [-0.3, -0.25) is 0 Å². The summed E-state index contributed by atoms with van der Waals surface area (Å²) in [6.45, 7) is 4.66. The summed E-state index contributed by atoms with van der Waals surface area (Å²) in [6, 6.07) is 8.18. The van der Waals surface area contributed by atoms with E-state index in [2.05, 4.69) is 0 Å². The average molecular weight is 280 g/mol. The fraction of sp³-hybridized carbons (Fsp3) is 0.462. The van der Waals surface area contributed by atoms with Crippen molar-refractivity contribution in [2.75, 3.05) is 19.7 Å². The second kappa shape index (κ2) is 4.93. The van der Waals surface area contributed by atoms with Crippen LogP contribution in [-0.2, 0) is 14.8 Å². The van der Waals surface area contributed by atoms with Crippen LogP contribution in [0.1, 0.15) is 19.4 Å². The summed E-state index contributed by atoms with van der Waals surface area (Å²) in [7, 11) is -3.64. The van der Waals surface area contributed by atoms with Gasteiger partial charge >= 0.3 is 0 Å². The summed E-state index contributed by atoms with van der Waals surface area (Å²) in [6.07, 6.45) is 0. The van der Waals surface area contributed by atoms with Gasteiger partial charge in [-0.2, -0.15) is 9.57 Å². The van der Waals surface area contributed by atoms with Crippen LogP contribution in [0.4, 0.5) is 0 Å². The Labute approximate surface area is 113 Å². The van der Waals surface area contributed by atoms with Gasteiger partial charge in [-0.1, -0.05) is 12.1 Å². The Bertz CT molecular complexity index is 617. The van der Waals surface area contributed by atoms with E-state index in [1.165, 1.54) is 16.4 Å². The third-order valence-electron chi connectivity index (χ3n) is 3.02. The van der Waals surface area contributed by atoms with E-state index in [0.717, 1.165) is 0 Å². The molecule has 0 radical (unpaired) electrons. The smallest absolute Gasteiger partial charge is 0.244 e. The van der Waals surface area contributed by atoms with Crippen molar-refractivity contribution in [2.24, 2.45) is 0 Å². The second-order valence-corrected chi connectivity index (χ2v) is 6.96. The number of hydrogen-bond acceptors (Lipinski definition) is 4. The van der Waals surface area contributed by atoms with Crippen molar-refractivity contribution in [1.29, 1.82) is 5.26 Å². The first kappa shape index (κ1) is 14.0. The van der Waals surface area contributed by atoms with Crippen molar-refractivity contribution < 1.29 is 13.2 Å². The number of benzene rings is 1. The molecule has 0 unspecified atom stereocenters. The fourth-order valence-corrected chi connectivity index (χ4v) is 3.82. The van der Waals surface area contributed by atoms with Gasteiger partial charge < -0.3 is 4.74 Å². The van der Waals surface area contributed by atoms with E-state index in [-0.39, 0.29) is 17.0 Å². The van der Waals surface area contributed by atoms with Crippen LogP contribution in [0.15, 0.2) is 29.2 Å². The molecule has 19 heavy (non-hydrogen) atoms. The molecular formula is C13H16N2O3S. The molecule has 0 bridgehead atoms. The Balaban J connectivity index is 2.40. The molecule has 0 spiro atoms. The molecule has 0 saturated carbocycles.